The quantitative estimate of drug-likeness (QED) is 0.796. The fourth-order valence-electron chi connectivity index (χ4n) is 1.97. The first-order valence-corrected chi connectivity index (χ1v) is 6.86. The molecular weight excluding hydrogens is 303 g/mol. The highest BCUT2D eigenvalue weighted by atomic mass is 35.5. The van der Waals surface area contributed by atoms with Crippen molar-refractivity contribution in [2.75, 3.05) is 5.32 Å². The second-order valence-corrected chi connectivity index (χ2v) is 5.83. The molecule has 0 aromatic heterocycles. The summed E-state index contributed by atoms with van der Waals surface area (Å²) in [4.78, 5) is 23.2. The van der Waals surface area contributed by atoms with Crippen molar-refractivity contribution in [2.45, 2.75) is 25.3 Å². The molecule has 7 heteroatoms. The molecule has 0 spiro atoms. The first-order chi connectivity index (χ1) is 9.33. The van der Waals surface area contributed by atoms with Gasteiger partial charge in [0.15, 0.2) is 0 Å². The Hall–Kier alpha value is -1.46. The van der Waals surface area contributed by atoms with Gasteiger partial charge in [0.05, 0.1) is 10.7 Å². The number of rotatable bonds is 4. The number of carbonyl (C=O) groups excluding carboxylic acids is 1. The number of carboxylic acid groups (broad SMARTS) is 1. The third-order valence-corrected chi connectivity index (χ3v) is 3.94. The highest BCUT2D eigenvalue weighted by molar-refractivity contribution is 6.36. The van der Waals surface area contributed by atoms with E-state index >= 15 is 0 Å². The smallest absolute Gasteiger partial charge is 0.329 e. The molecule has 1 saturated carbocycles. The van der Waals surface area contributed by atoms with Crippen LogP contribution in [0.2, 0.25) is 10.0 Å². The molecule has 1 aromatic rings. The number of benzene rings is 1. The summed E-state index contributed by atoms with van der Waals surface area (Å²) in [5.41, 5.74) is -0.889. The molecule has 108 valence electrons. The van der Waals surface area contributed by atoms with Crippen LogP contribution in [-0.4, -0.2) is 22.6 Å². The number of hydrogen-bond acceptors (Lipinski definition) is 2. The Morgan fingerprint density at radius 3 is 2.50 bits per heavy atom. The van der Waals surface area contributed by atoms with Gasteiger partial charge < -0.3 is 15.7 Å². The molecule has 1 aliphatic carbocycles. The third-order valence-electron chi connectivity index (χ3n) is 3.39. The molecular formula is C13H14Cl2N2O3. The SMILES string of the molecule is CC(NC(=O)Nc1ccc(Cl)cc1Cl)(C(=O)O)C1CC1. The highest BCUT2D eigenvalue weighted by Crippen LogP contribution is 2.39. The van der Waals surface area contributed by atoms with E-state index < -0.39 is 17.5 Å². The number of hydrogen-bond donors (Lipinski definition) is 3. The topological polar surface area (TPSA) is 78.4 Å². The monoisotopic (exact) mass is 316 g/mol. The molecule has 1 aliphatic rings. The normalized spacial score (nSPS) is 17.1. The Balaban J connectivity index is 2.06. The molecule has 20 heavy (non-hydrogen) atoms. The maximum Gasteiger partial charge on any atom is 0.329 e. The molecule has 1 unspecified atom stereocenters. The first kappa shape index (κ1) is 14.9. The molecule has 0 radical (unpaired) electrons. The van der Waals surface area contributed by atoms with Crippen molar-refractivity contribution in [3.05, 3.63) is 28.2 Å². The second kappa shape index (κ2) is 5.50. The van der Waals surface area contributed by atoms with Crippen LogP contribution in [0.3, 0.4) is 0 Å². The van der Waals surface area contributed by atoms with Crippen molar-refractivity contribution in [1.29, 1.82) is 0 Å². The van der Waals surface area contributed by atoms with E-state index in [4.69, 9.17) is 23.2 Å². The Morgan fingerprint density at radius 1 is 1.35 bits per heavy atom. The lowest BCUT2D eigenvalue weighted by molar-refractivity contribution is -0.144. The summed E-state index contributed by atoms with van der Waals surface area (Å²) in [5.74, 6) is -1.08. The first-order valence-electron chi connectivity index (χ1n) is 6.10. The van der Waals surface area contributed by atoms with Gasteiger partial charge in [-0.05, 0) is 43.9 Å². The van der Waals surface area contributed by atoms with E-state index in [0.717, 1.165) is 12.8 Å². The zero-order valence-electron chi connectivity index (χ0n) is 10.7. The van der Waals surface area contributed by atoms with Crippen molar-refractivity contribution >= 4 is 40.9 Å². The Bertz CT molecular complexity index is 561. The number of aliphatic carboxylic acids is 1. The average Bonchev–Trinajstić information content (AvgIpc) is 3.16. The summed E-state index contributed by atoms with van der Waals surface area (Å²) >= 11 is 11.7. The van der Waals surface area contributed by atoms with Gasteiger partial charge in [0.25, 0.3) is 0 Å². The molecule has 1 atom stereocenters. The predicted molar refractivity (Wildman–Crippen MR) is 77.4 cm³/mol. The summed E-state index contributed by atoms with van der Waals surface area (Å²) in [6.07, 6.45) is 1.59. The zero-order chi connectivity index (χ0) is 14.9. The number of amides is 2. The minimum Gasteiger partial charge on any atom is -0.480 e. The number of anilines is 1. The molecule has 2 rings (SSSR count). The van der Waals surface area contributed by atoms with Gasteiger partial charge in [-0.25, -0.2) is 9.59 Å². The Morgan fingerprint density at radius 2 is 2.00 bits per heavy atom. The molecule has 0 aliphatic heterocycles. The molecule has 1 aromatic carbocycles. The largest absolute Gasteiger partial charge is 0.480 e. The maximum atomic E-state index is 11.9. The molecule has 2 amide bonds. The Kier molecular flexibility index (Phi) is 4.11. The van der Waals surface area contributed by atoms with E-state index in [0.29, 0.717) is 10.7 Å². The minimum atomic E-state index is -1.26. The lowest BCUT2D eigenvalue weighted by atomic mass is 9.96. The van der Waals surface area contributed by atoms with Crippen molar-refractivity contribution in [3.8, 4) is 0 Å². The summed E-state index contributed by atoms with van der Waals surface area (Å²) in [6, 6.07) is 4.03. The summed E-state index contributed by atoms with van der Waals surface area (Å²) in [7, 11) is 0. The summed E-state index contributed by atoms with van der Waals surface area (Å²) < 4.78 is 0. The Labute approximate surface area is 126 Å². The van der Waals surface area contributed by atoms with Gasteiger partial charge in [-0.3, -0.25) is 0 Å². The van der Waals surface area contributed by atoms with Crippen LogP contribution in [0.5, 0.6) is 0 Å². The van der Waals surface area contributed by atoms with E-state index in [-0.39, 0.29) is 10.9 Å². The standard InChI is InChI=1S/C13H14Cl2N2O3/c1-13(11(18)19,7-2-3-7)17-12(20)16-10-5-4-8(14)6-9(10)15/h4-7H,2-3H2,1H3,(H,18,19)(H2,16,17,20). The van der Waals surface area contributed by atoms with Crippen LogP contribution in [-0.2, 0) is 4.79 Å². The van der Waals surface area contributed by atoms with Crippen LogP contribution in [0.4, 0.5) is 10.5 Å². The number of nitrogens with one attached hydrogen (secondary N) is 2. The minimum absolute atomic E-state index is 0.0357. The van der Waals surface area contributed by atoms with Crippen molar-refractivity contribution < 1.29 is 14.7 Å². The van der Waals surface area contributed by atoms with Gasteiger partial charge in [0, 0.05) is 5.02 Å². The van der Waals surface area contributed by atoms with Crippen molar-refractivity contribution in [3.63, 3.8) is 0 Å². The van der Waals surface area contributed by atoms with Crippen LogP contribution < -0.4 is 10.6 Å². The van der Waals surface area contributed by atoms with E-state index in [1.165, 1.54) is 13.0 Å². The van der Waals surface area contributed by atoms with Crippen LogP contribution >= 0.6 is 23.2 Å². The molecule has 3 N–H and O–H groups in total. The van der Waals surface area contributed by atoms with E-state index in [1.54, 1.807) is 12.1 Å². The fraction of sp³-hybridized carbons (Fsp3) is 0.385. The van der Waals surface area contributed by atoms with E-state index in [2.05, 4.69) is 10.6 Å². The second-order valence-electron chi connectivity index (χ2n) is 4.99. The number of halogens is 2. The van der Waals surface area contributed by atoms with E-state index in [1.807, 2.05) is 0 Å². The predicted octanol–water partition coefficient (Wildman–Crippen LogP) is 3.37. The molecule has 5 nitrogen and oxygen atoms in total. The van der Waals surface area contributed by atoms with Crippen LogP contribution in [0.25, 0.3) is 0 Å². The lowest BCUT2D eigenvalue weighted by Gasteiger charge is -2.26. The fourth-order valence-corrected chi connectivity index (χ4v) is 2.43. The maximum absolute atomic E-state index is 11.9. The van der Waals surface area contributed by atoms with Crippen LogP contribution in [0.1, 0.15) is 19.8 Å². The van der Waals surface area contributed by atoms with Gasteiger partial charge in [-0.15, -0.1) is 0 Å². The molecule has 0 saturated heterocycles. The van der Waals surface area contributed by atoms with Gasteiger partial charge in [0.1, 0.15) is 5.54 Å². The third kappa shape index (κ3) is 3.16. The summed E-state index contributed by atoms with van der Waals surface area (Å²) in [6.45, 7) is 1.51. The van der Waals surface area contributed by atoms with Gasteiger partial charge in [0.2, 0.25) is 0 Å². The summed E-state index contributed by atoms with van der Waals surface area (Å²) in [5, 5.41) is 15.0. The van der Waals surface area contributed by atoms with Crippen LogP contribution in [0, 0.1) is 5.92 Å². The molecule has 0 bridgehead atoms. The number of urea groups is 1. The van der Waals surface area contributed by atoms with E-state index in [9.17, 15) is 14.7 Å². The molecule has 1 fully saturated rings. The van der Waals surface area contributed by atoms with Gasteiger partial charge in [-0.1, -0.05) is 23.2 Å². The zero-order valence-corrected chi connectivity index (χ0v) is 12.3. The average molecular weight is 317 g/mol. The van der Waals surface area contributed by atoms with Crippen molar-refractivity contribution in [1.82, 2.24) is 5.32 Å². The van der Waals surface area contributed by atoms with Crippen molar-refractivity contribution in [2.24, 2.45) is 5.92 Å². The number of carboxylic acids is 1. The highest BCUT2D eigenvalue weighted by Gasteiger charge is 2.48. The van der Waals surface area contributed by atoms with Gasteiger partial charge in [-0.2, -0.15) is 0 Å². The molecule has 0 heterocycles. The van der Waals surface area contributed by atoms with Gasteiger partial charge >= 0.3 is 12.0 Å². The van der Waals surface area contributed by atoms with Crippen LogP contribution in [0.15, 0.2) is 18.2 Å². The number of carbonyl (C=O) groups is 2. The lowest BCUT2D eigenvalue weighted by Crippen LogP contribution is -2.55.